The Morgan fingerprint density at radius 2 is 1.94 bits per heavy atom. The molecule has 0 aromatic carbocycles. The molecule has 11 heteroatoms. The Hall–Kier alpha value is -2.24. The quantitative estimate of drug-likeness (QED) is 0.451. The van der Waals surface area contributed by atoms with Crippen molar-refractivity contribution in [1.82, 2.24) is 14.3 Å². The van der Waals surface area contributed by atoms with Crippen LogP contribution in [0.3, 0.4) is 0 Å². The SMILES string of the molecule is CN(c1nc2ccccn2c(=O)c1/C=C1\SC(=S)N([C@@H]2CCS(=O)(=O)C2)C1=O)C1CCCCC1. The fourth-order valence-corrected chi connectivity index (χ4v) is 8.11. The molecule has 4 heterocycles. The highest BCUT2D eigenvalue weighted by Gasteiger charge is 2.42. The van der Waals surface area contributed by atoms with Crippen LogP contribution in [-0.4, -0.2) is 63.6 Å². The van der Waals surface area contributed by atoms with Gasteiger partial charge in [0.25, 0.3) is 11.5 Å². The Labute approximate surface area is 207 Å². The molecular weight excluding hydrogens is 492 g/mol. The number of fused-ring (bicyclic) bond motifs is 1. The van der Waals surface area contributed by atoms with Crippen molar-refractivity contribution in [2.45, 2.75) is 50.6 Å². The van der Waals surface area contributed by atoms with E-state index >= 15 is 0 Å². The summed E-state index contributed by atoms with van der Waals surface area (Å²) in [4.78, 5) is 35.4. The van der Waals surface area contributed by atoms with Gasteiger partial charge < -0.3 is 4.90 Å². The van der Waals surface area contributed by atoms with E-state index in [-0.39, 0.29) is 29.0 Å². The van der Waals surface area contributed by atoms with E-state index in [0.29, 0.717) is 32.7 Å². The number of sulfone groups is 1. The highest BCUT2D eigenvalue weighted by atomic mass is 32.2. The highest BCUT2D eigenvalue weighted by molar-refractivity contribution is 8.26. The number of thiocarbonyl (C=S) groups is 1. The van der Waals surface area contributed by atoms with Crippen LogP contribution in [0.1, 0.15) is 44.1 Å². The van der Waals surface area contributed by atoms with Gasteiger partial charge in [-0.3, -0.25) is 18.9 Å². The average Bonchev–Trinajstić information content (AvgIpc) is 3.32. The van der Waals surface area contributed by atoms with E-state index < -0.39 is 15.9 Å². The maximum Gasteiger partial charge on any atom is 0.267 e. The molecule has 0 bridgehead atoms. The maximum atomic E-state index is 13.5. The minimum absolute atomic E-state index is 0.0556. The molecule has 0 radical (unpaired) electrons. The summed E-state index contributed by atoms with van der Waals surface area (Å²) in [6.07, 6.45) is 9.18. The number of hydrogen-bond acceptors (Lipinski definition) is 8. The zero-order valence-corrected chi connectivity index (χ0v) is 21.3. The summed E-state index contributed by atoms with van der Waals surface area (Å²) in [7, 11) is -1.21. The number of carbonyl (C=O) groups is 1. The van der Waals surface area contributed by atoms with Gasteiger partial charge in [-0.2, -0.15) is 0 Å². The van der Waals surface area contributed by atoms with E-state index in [0.717, 1.165) is 37.4 Å². The number of anilines is 1. The summed E-state index contributed by atoms with van der Waals surface area (Å²) in [5.74, 6) is 0.181. The van der Waals surface area contributed by atoms with E-state index in [9.17, 15) is 18.0 Å². The molecule has 180 valence electrons. The van der Waals surface area contributed by atoms with Crippen molar-refractivity contribution in [2.75, 3.05) is 23.5 Å². The first-order chi connectivity index (χ1) is 16.2. The van der Waals surface area contributed by atoms with Crippen LogP contribution in [0, 0.1) is 0 Å². The Morgan fingerprint density at radius 1 is 1.18 bits per heavy atom. The van der Waals surface area contributed by atoms with Crippen molar-refractivity contribution < 1.29 is 13.2 Å². The monoisotopic (exact) mass is 518 g/mol. The lowest BCUT2D eigenvalue weighted by molar-refractivity contribution is -0.123. The van der Waals surface area contributed by atoms with Gasteiger partial charge in [0.15, 0.2) is 9.84 Å². The lowest BCUT2D eigenvalue weighted by Gasteiger charge is -2.33. The van der Waals surface area contributed by atoms with Crippen LogP contribution >= 0.6 is 24.0 Å². The number of hydrogen-bond donors (Lipinski definition) is 0. The first kappa shape index (κ1) is 23.5. The Morgan fingerprint density at radius 3 is 2.65 bits per heavy atom. The molecule has 34 heavy (non-hydrogen) atoms. The first-order valence-corrected chi connectivity index (χ1v) is 14.5. The normalized spacial score (nSPS) is 24.4. The largest absolute Gasteiger partial charge is 0.356 e. The van der Waals surface area contributed by atoms with Gasteiger partial charge in [-0.15, -0.1) is 0 Å². The predicted octanol–water partition coefficient (Wildman–Crippen LogP) is 2.85. The first-order valence-electron chi connectivity index (χ1n) is 11.5. The van der Waals surface area contributed by atoms with Crippen LogP contribution in [0.15, 0.2) is 34.1 Å². The molecule has 5 rings (SSSR count). The maximum absolute atomic E-state index is 13.5. The van der Waals surface area contributed by atoms with E-state index in [2.05, 4.69) is 4.90 Å². The third kappa shape index (κ3) is 4.29. The third-order valence-electron chi connectivity index (χ3n) is 6.88. The van der Waals surface area contributed by atoms with Crippen LogP contribution < -0.4 is 10.5 Å². The van der Waals surface area contributed by atoms with Crippen LogP contribution in [0.4, 0.5) is 5.82 Å². The Bertz CT molecular complexity index is 1360. The number of rotatable bonds is 4. The molecule has 2 saturated heterocycles. The van der Waals surface area contributed by atoms with Gasteiger partial charge in [0.1, 0.15) is 15.8 Å². The van der Waals surface area contributed by atoms with Crippen molar-refractivity contribution in [2.24, 2.45) is 0 Å². The molecule has 0 spiro atoms. The highest BCUT2D eigenvalue weighted by Crippen LogP contribution is 2.37. The molecule has 1 aliphatic carbocycles. The van der Waals surface area contributed by atoms with Gasteiger partial charge in [0.05, 0.1) is 28.0 Å². The van der Waals surface area contributed by atoms with Crippen LogP contribution in [0.5, 0.6) is 0 Å². The Balaban J connectivity index is 1.57. The molecule has 2 aromatic heterocycles. The van der Waals surface area contributed by atoms with Gasteiger partial charge in [0.2, 0.25) is 0 Å². The molecule has 2 aliphatic heterocycles. The molecule has 1 saturated carbocycles. The standard InChI is InChI=1S/C23H26N4O4S3/c1-25(15-7-3-2-4-8-15)20-17(21(28)26-11-6-5-9-19(26)24-20)13-18-22(29)27(23(32)33-18)16-10-12-34(30,31)14-16/h5-6,9,11,13,15-16H,2-4,7-8,10,12,14H2,1H3/b18-13-/t16-/m1/s1. The third-order valence-corrected chi connectivity index (χ3v) is 9.96. The summed E-state index contributed by atoms with van der Waals surface area (Å²) in [5, 5.41) is 0. The predicted molar refractivity (Wildman–Crippen MR) is 139 cm³/mol. The van der Waals surface area contributed by atoms with Crippen molar-refractivity contribution in [3.63, 3.8) is 0 Å². The van der Waals surface area contributed by atoms with E-state index in [1.54, 1.807) is 24.4 Å². The molecule has 1 amide bonds. The van der Waals surface area contributed by atoms with E-state index in [4.69, 9.17) is 17.2 Å². The summed E-state index contributed by atoms with van der Waals surface area (Å²) >= 11 is 6.56. The smallest absolute Gasteiger partial charge is 0.267 e. The second kappa shape index (κ2) is 9.09. The summed E-state index contributed by atoms with van der Waals surface area (Å²) in [6, 6.07) is 5.22. The fourth-order valence-electron chi connectivity index (χ4n) is 5.03. The summed E-state index contributed by atoms with van der Waals surface area (Å²) in [6.45, 7) is 0. The second-order valence-electron chi connectivity index (χ2n) is 9.09. The molecular formula is C23H26N4O4S3. The van der Waals surface area contributed by atoms with Crippen molar-refractivity contribution in [1.29, 1.82) is 0 Å². The topological polar surface area (TPSA) is 92.1 Å². The molecule has 2 aromatic rings. The van der Waals surface area contributed by atoms with Gasteiger partial charge in [-0.05, 0) is 37.5 Å². The number of amides is 1. The summed E-state index contributed by atoms with van der Waals surface area (Å²) in [5.41, 5.74) is 0.638. The molecule has 1 atom stereocenters. The minimum atomic E-state index is -3.17. The van der Waals surface area contributed by atoms with E-state index in [1.165, 1.54) is 15.7 Å². The average molecular weight is 519 g/mol. The van der Waals surface area contributed by atoms with Crippen LogP contribution in [0.25, 0.3) is 11.7 Å². The van der Waals surface area contributed by atoms with E-state index in [1.807, 2.05) is 13.1 Å². The zero-order chi connectivity index (χ0) is 24.0. The number of nitrogens with zero attached hydrogens (tertiary/aromatic N) is 4. The second-order valence-corrected chi connectivity index (χ2v) is 13.0. The lowest BCUT2D eigenvalue weighted by Crippen LogP contribution is -2.39. The van der Waals surface area contributed by atoms with Gasteiger partial charge in [0, 0.05) is 19.3 Å². The zero-order valence-electron chi connectivity index (χ0n) is 18.8. The molecule has 8 nitrogen and oxygen atoms in total. The molecule has 3 aliphatic rings. The molecule has 0 N–H and O–H groups in total. The van der Waals surface area contributed by atoms with Crippen LogP contribution in [-0.2, 0) is 14.6 Å². The van der Waals surface area contributed by atoms with Gasteiger partial charge in [-0.25, -0.2) is 13.4 Å². The number of thioether (sulfide) groups is 1. The minimum Gasteiger partial charge on any atom is -0.356 e. The van der Waals surface area contributed by atoms with Gasteiger partial charge in [-0.1, -0.05) is 49.3 Å². The molecule has 0 unspecified atom stereocenters. The van der Waals surface area contributed by atoms with Crippen LogP contribution in [0.2, 0.25) is 0 Å². The summed E-state index contributed by atoms with van der Waals surface area (Å²) < 4.78 is 25.7. The van der Waals surface area contributed by atoms with Crippen molar-refractivity contribution >= 4 is 61.6 Å². The fraction of sp³-hybridized carbons (Fsp3) is 0.478. The number of aromatic nitrogens is 2. The van der Waals surface area contributed by atoms with Gasteiger partial charge >= 0.3 is 0 Å². The number of pyridine rings is 1. The number of carbonyl (C=O) groups excluding carboxylic acids is 1. The van der Waals surface area contributed by atoms with Crippen molar-refractivity contribution in [3.05, 3.63) is 45.2 Å². The molecule has 3 fully saturated rings. The van der Waals surface area contributed by atoms with Crippen molar-refractivity contribution in [3.8, 4) is 0 Å². The Kier molecular flexibility index (Phi) is 6.28. The lowest BCUT2D eigenvalue weighted by atomic mass is 9.94.